The summed E-state index contributed by atoms with van der Waals surface area (Å²) in [4.78, 5) is 4.45. The Morgan fingerprint density at radius 3 is 1.45 bits per heavy atom. The first-order chi connectivity index (χ1) is 36.3. The summed E-state index contributed by atoms with van der Waals surface area (Å²) in [5.41, 5.74) is 18.1. The van der Waals surface area contributed by atoms with Gasteiger partial charge in [-0.25, -0.2) is 8.78 Å². The summed E-state index contributed by atoms with van der Waals surface area (Å²) in [7, 11) is 2.18. The number of aryl methyl sites for hydroxylation is 3. The second-order valence-corrected chi connectivity index (χ2v) is 27.5. The van der Waals surface area contributed by atoms with E-state index in [-0.39, 0.29) is 40.0 Å². The van der Waals surface area contributed by atoms with Gasteiger partial charge in [-0.05, 0) is 165 Å². The first-order valence-electron chi connectivity index (χ1n) is 27.3. The Morgan fingerprint density at radius 2 is 0.935 bits per heavy atom. The van der Waals surface area contributed by atoms with E-state index in [9.17, 15) is 0 Å². The van der Waals surface area contributed by atoms with Gasteiger partial charge < -0.3 is 18.9 Å². The molecule has 2 aliphatic rings. The van der Waals surface area contributed by atoms with E-state index in [4.69, 9.17) is 0 Å². The molecule has 11 aromatic rings. The van der Waals surface area contributed by atoms with Crippen LogP contribution in [0.3, 0.4) is 0 Å². The number of fused-ring (bicyclic) bond motifs is 13. The van der Waals surface area contributed by atoms with E-state index in [0.717, 1.165) is 104 Å². The molecule has 5 heterocycles. The molecule has 0 radical (unpaired) electrons. The van der Waals surface area contributed by atoms with Gasteiger partial charge in [0.1, 0.15) is 11.6 Å². The van der Waals surface area contributed by atoms with Gasteiger partial charge in [-0.15, -0.1) is 11.3 Å². The third kappa shape index (κ3) is 7.33. The van der Waals surface area contributed by atoms with E-state index < -0.39 is 0 Å². The number of thiophene rings is 1. The Hall–Kier alpha value is -7.16. The molecule has 8 aromatic carbocycles. The minimum absolute atomic E-state index is 0.0718. The van der Waals surface area contributed by atoms with Gasteiger partial charge in [0.15, 0.2) is 0 Å². The maximum absolute atomic E-state index is 17.7. The molecule has 0 N–H and O–H groups in total. The molecule has 0 aliphatic carbocycles. The lowest BCUT2D eigenvalue weighted by Gasteiger charge is -2.44. The van der Waals surface area contributed by atoms with Gasteiger partial charge in [-0.2, -0.15) is 0 Å². The average Bonchev–Trinajstić information content (AvgIpc) is 4.19. The summed E-state index contributed by atoms with van der Waals surface area (Å²) in [5, 5.41) is 5.74. The predicted octanol–water partition coefficient (Wildman–Crippen LogP) is 17.8. The number of hydrogen-bond donors (Lipinski definition) is 0. The molecule has 0 atom stereocenters. The van der Waals surface area contributed by atoms with Gasteiger partial charge in [0.2, 0.25) is 0 Å². The van der Waals surface area contributed by atoms with Crippen LogP contribution >= 0.6 is 11.3 Å². The summed E-state index contributed by atoms with van der Waals surface area (Å²) in [6.07, 6.45) is 0. The van der Waals surface area contributed by atoms with Gasteiger partial charge in [-0.1, -0.05) is 132 Å². The third-order valence-corrected chi connectivity index (χ3v) is 18.2. The predicted molar refractivity (Wildman–Crippen MR) is 328 cm³/mol. The van der Waals surface area contributed by atoms with Crippen LogP contribution in [0.25, 0.3) is 59.4 Å². The van der Waals surface area contributed by atoms with Crippen LogP contribution in [-0.4, -0.2) is 15.8 Å². The van der Waals surface area contributed by atoms with Crippen LogP contribution in [0, 0.1) is 25.5 Å². The van der Waals surface area contributed by atoms with Crippen molar-refractivity contribution in [3.8, 4) is 5.69 Å². The van der Waals surface area contributed by atoms with Gasteiger partial charge in [-0.3, -0.25) is 0 Å². The lowest BCUT2D eigenvalue weighted by Crippen LogP contribution is -2.61. The average molecular weight is 1030 g/mol. The highest BCUT2D eigenvalue weighted by atomic mass is 32.1. The summed E-state index contributed by atoms with van der Waals surface area (Å²) < 4.78 is 42.2. The zero-order valence-corrected chi connectivity index (χ0v) is 48.0. The topological polar surface area (TPSA) is 16.3 Å². The highest BCUT2D eigenvalue weighted by Crippen LogP contribution is 2.53. The lowest BCUT2D eigenvalue weighted by molar-refractivity contribution is 0.590. The van der Waals surface area contributed by atoms with Crippen molar-refractivity contribution in [3.05, 3.63) is 178 Å². The number of nitrogens with zero attached hydrogens (tertiary/aromatic N) is 4. The SMILES string of the molecule is Cc1ccc(N2c3cc(C(C)(C)C)cc4c3B(c3cc(-n5c6ccc(C(C)(C)C)cc6c6cc(C(C)(C)C)ccc65)c5c6ccccc6n(C)c5c3N4c3ccc(C)cc3F)c3sc4ccc(C(C)(C)C)cc4c32)c(F)c1. The summed E-state index contributed by atoms with van der Waals surface area (Å²) in [6, 6.07) is 48.1. The molecule has 2 aliphatic heterocycles. The van der Waals surface area contributed by atoms with Crippen LogP contribution in [0.15, 0.2) is 133 Å². The Morgan fingerprint density at radius 1 is 0.442 bits per heavy atom. The number of hydrogen-bond acceptors (Lipinski definition) is 3. The zero-order valence-electron chi connectivity index (χ0n) is 47.2. The van der Waals surface area contributed by atoms with Crippen molar-refractivity contribution < 1.29 is 8.78 Å². The van der Waals surface area contributed by atoms with E-state index >= 15 is 8.78 Å². The van der Waals surface area contributed by atoms with Crippen LogP contribution < -0.4 is 25.5 Å². The maximum Gasteiger partial charge on any atom is 0.264 e. The summed E-state index contributed by atoms with van der Waals surface area (Å²) >= 11 is 1.80. The molecule has 3 aromatic heterocycles. The molecule has 0 saturated heterocycles. The molecular formula is C69H67BF2N4S. The first kappa shape index (κ1) is 49.4. The van der Waals surface area contributed by atoms with Gasteiger partial charge >= 0.3 is 0 Å². The molecule has 13 rings (SSSR count). The molecule has 8 heteroatoms. The van der Waals surface area contributed by atoms with Crippen molar-refractivity contribution >= 4 is 122 Å². The quantitative estimate of drug-likeness (QED) is 0.164. The molecule has 0 unspecified atom stereocenters. The lowest BCUT2D eigenvalue weighted by atomic mass is 9.36. The maximum atomic E-state index is 17.7. The second kappa shape index (κ2) is 16.4. The van der Waals surface area contributed by atoms with Crippen molar-refractivity contribution in [2.24, 2.45) is 7.05 Å². The number of rotatable bonds is 3. The smallest absolute Gasteiger partial charge is 0.264 e. The van der Waals surface area contributed by atoms with Crippen LogP contribution in [0.1, 0.15) is 116 Å². The van der Waals surface area contributed by atoms with E-state index in [0.29, 0.717) is 11.4 Å². The number of halogens is 2. The van der Waals surface area contributed by atoms with Crippen molar-refractivity contribution in [3.63, 3.8) is 0 Å². The Balaban J connectivity index is 1.27. The van der Waals surface area contributed by atoms with E-state index in [1.807, 2.05) is 38.1 Å². The fraction of sp³-hybridized carbons (Fsp3) is 0.275. The molecule has 77 heavy (non-hydrogen) atoms. The molecule has 4 nitrogen and oxygen atoms in total. The van der Waals surface area contributed by atoms with E-state index in [2.05, 4.69) is 206 Å². The normalized spacial score (nSPS) is 14.0. The molecule has 0 amide bonds. The largest absolute Gasteiger partial charge is 0.342 e. The molecule has 0 spiro atoms. The number of para-hydroxylation sites is 1. The van der Waals surface area contributed by atoms with Crippen LogP contribution in [0.5, 0.6) is 0 Å². The number of benzene rings is 8. The van der Waals surface area contributed by atoms with E-state index in [1.165, 1.54) is 27.5 Å². The minimum atomic E-state index is -0.345. The molecule has 0 bridgehead atoms. The Kier molecular flexibility index (Phi) is 10.5. The molecule has 386 valence electrons. The van der Waals surface area contributed by atoms with Crippen molar-refractivity contribution in [2.45, 2.75) is 119 Å². The molecular weight excluding hydrogens is 966 g/mol. The molecule has 0 saturated carbocycles. The fourth-order valence-electron chi connectivity index (χ4n) is 12.7. The van der Waals surface area contributed by atoms with E-state index in [1.54, 1.807) is 23.5 Å². The monoisotopic (exact) mass is 1030 g/mol. The summed E-state index contributed by atoms with van der Waals surface area (Å²) in [5.74, 6) is -0.593. The first-order valence-corrected chi connectivity index (χ1v) is 28.1. The number of aromatic nitrogens is 2. The molecule has 0 fully saturated rings. The fourth-order valence-corrected chi connectivity index (χ4v) is 14.0. The minimum Gasteiger partial charge on any atom is -0.342 e. The Labute approximate surface area is 456 Å². The second-order valence-electron chi connectivity index (χ2n) is 26.4. The summed E-state index contributed by atoms with van der Waals surface area (Å²) in [6.45, 7) is 30.8. The van der Waals surface area contributed by atoms with Crippen LogP contribution in [-0.2, 0) is 28.7 Å². The zero-order chi connectivity index (χ0) is 54.3. The van der Waals surface area contributed by atoms with Crippen molar-refractivity contribution in [1.29, 1.82) is 0 Å². The highest BCUT2D eigenvalue weighted by molar-refractivity contribution is 7.33. The third-order valence-electron chi connectivity index (χ3n) is 16.9. The van der Waals surface area contributed by atoms with Gasteiger partial charge in [0.25, 0.3) is 6.71 Å². The van der Waals surface area contributed by atoms with Gasteiger partial charge in [0.05, 0.1) is 45.0 Å². The number of anilines is 6. The Bertz CT molecular complexity index is 4280. The van der Waals surface area contributed by atoms with Crippen LogP contribution in [0.2, 0.25) is 0 Å². The van der Waals surface area contributed by atoms with Crippen molar-refractivity contribution in [1.82, 2.24) is 9.13 Å². The van der Waals surface area contributed by atoms with Crippen LogP contribution in [0.4, 0.5) is 42.9 Å². The van der Waals surface area contributed by atoms with Gasteiger partial charge in [0, 0.05) is 60.3 Å². The highest BCUT2D eigenvalue weighted by Gasteiger charge is 2.48. The van der Waals surface area contributed by atoms with Crippen molar-refractivity contribution in [2.75, 3.05) is 9.80 Å². The standard InChI is InChI=1S/C69H67BF2N4S/c1-38-20-25-54(49(71)30-38)75-57-35-43(69(12,13)14)36-58-61(57)70(65-62(75)47-34-42(68(9,10)11)24-29-59(47)77-65)48-37-56(74-52-27-22-40(66(3,4)5)32-45(52)46-33-41(67(6,7)8)23-28-53(46)74)60-44-18-16-17-19-51(44)73(15)64(60)63(48)76(58)55-26-21-39(2)31-50(55)72/h16-37H,1-15H3.